The Morgan fingerprint density at radius 2 is 1.97 bits per heavy atom. The zero-order valence-electron chi connectivity index (χ0n) is 22.9. The zero-order valence-corrected chi connectivity index (χ0v) is 22.9. The summed E-state index contributed by atoms with van der Waals surface area (Å²) in [6, 6.07) is 7.42. The van der Waals surface area contributed by atoms with E-state index in [-0.39, 0.29) is 17.2 Å². The summed E-state index contributed by atoms with van der Waals surface area (Å²) in [5.74, 6) is -2.05. The first kappa shape index (κ1) is 28.3. The van der Waals surface area contributed by atoms with Crippen molar-refractivity contribution in [3.05, 3.63) is 52.5 Å². The third-order valence-corrected chi connectivity index (χ3v) is 8.14. The van der Waals surface area contributed by atoms with Crippen LogP contribution in [-0.2, 0) is 17.6 Å². The van der Waals surface area contributed by atoms with Gasteiger partial charge in [-0.3, -0.25) is 4.79 Å². The van der Waals surface area contributed by atoms with Crippen LogP contribution in [0.3, 0.4) is 0 Å². The van der Waals surface area contributed by atoms with Crippen LogP contribution in [-0.4, -0.2) is 65.0 Å². The topological polar surface area (TPSA) is 94.9 Å². The third kappa shape index (κ3) is 6.46. The molecule has 0 unspecified atom stereocenters. The molecular weight excluding hydrogens is 485 g/mol. The van der Waals surface area contributed by atoms with E-state index in [4.69, 9.17) is 9.72 Å². The number of likely N-dealkylation sites (tertiary alicyclic amines) is 1. The summed E-state index contributed by atoms with van der Waals surface area (Å²) in [4.78, 5) is 19.5. The minimum atomic E-state index is -1.47. The first-order valence-electron chi connectivity index (χ1n) is 14.0. The van der Waals surface area contributed by atoms with Gasteiger partial charge in [-0.25, -0.2) is 9.37 Å². The van der Waals surface area contributed by atoms with E-state index in [0.29, 0.717) is 31.5 Å². The minimum absolute atomic E-state index is 0.0137. The van der Waals surface area contributed by atoms with Crippen LogP contribution >= 0.6 is 0 Å². The van der Waals surface area contributed by atoms with E-state index in [9.17, 15) is 19.4 Å². The largest absolute Gasteiger partial charge is 0.493 e. The van der Waals surface area contributed by atoms with Crippen LogP contribution in [0, 0.1) is 5.82 Å². The van der Waals surface area contributed by atoms with Crippen molar-refractivity contribution in [2.45, 2.75) is 82.7 Å². The van der Waals surface area contributed by atoms with Gasteiger partial charge in [0.15, 0.2) is 11.6 Å². The molecule has 1 saturated heterocycles. The molecule has 2 aliphatic rings. The zero-order chi connectivity index (χ0) is 27.3. The van der Waals surface area contributed by atoms with E-state index in [2.05, 4.69) is 22.3 Å². The molecule has 0 bridgehead atoms. The number of nitrogens with one attached hydrogen (secondary N) is 1. The summed E-state index contributed by atoms with van der Waals surface area (Å²) in [5, 5.41) is 25.1. The van der Waals surface area contributed by atoms with Crippen molar-refractivity contribution in [1.29, 1.82) is 0 Å². The predicted molar refractivity (Wildman–Crippen MR) is 147 cm³/mol. The number of anilines is 1. The van der Waals surface area contributed by atoms with Gasteiger partial charge >= 0.3 is 5.97 Å². The van der Waals surface area contributed by atoms with E-state index in [1.165, 1.54) is 18.7 Å². The third-order valence-electron chi connectivity index (χ3n) is 8.14. The average molecular weight is 528 g/mol. The highest BCUT2D eigenvalue weighted by molar-refractivity contribution is 5.79. The van der Waals surface area contributed by atoms with Crippen molar-refractivity contribution in [1.82, 2.24) is 9.88 Å². The van der Waals surface area contributed by atoms with Crippen molar-refractivity contribution >= 4 is 11.8 Å². The fourth-order valence-electron chi connectivity index (χ4n) is 5.83. The smallest absolute Gasteiger partial charge is 0.314 e. The lowest BCUT2D eigenvalue weighted by atomic mass is 9.74. The molecule has 0 spiro atoms. The maximum absolute atomic E-state index is 14.8. The summed E-state index contributed by atoms with van der Waals surface area (Å²) in [5.41, 5.74) is 1.88. The maximum atomic E-state index is 14.8. The Morgan fingerprint density at radius 3 is 2.66 bits per heavy atom. The summed E-state index contributed by atoms with van der Waals surface area (Å²) in [7, 11) is 1.33. The number of hydrogen-bond donors (Lipinski definition) is 3. The Labute approximate surface area is 225 Å². The molecule has 38 heavy (non-hydrogen) atoms. The van der Waals surface area contributed by atoms with Crippen molar-refractivity contribution in [2.24, 2.45) is 0 Å². The number of nitrogens with zero attached hydrogens (tertiary/aromatic N) is 2. The van der Waals surface area contributed by atoms with Crippen LogP contribution in [0.15, 0.2) is 24.3 Å². The van der Waals surface area contributed by atoms with Gasteiger partial charge in [0, 0.05) is 30.9 Å². The van der Waals surface area contributed by atoms with E-state index < -0.39 is 23.3 Å². The Balaban J connectivity index is 1.30. The maximum Gasteiger partial charge on any atom is 0.314 e. The number of halogens is 1. The number of benzene rings is 1. The van der Waals surface area contributed by atoms with Gasteiger partial charge in [0.25, 0.3) is 0 Å². The number of piperidine rings is 1. The molecule has 8 heteroatoms. The van der Waals surface area contributed by atoms with Crippen LogP contribution < -0.4 is 10.1 Å². The Bertz CT molecular complexity index is 1110. The lowest BCUT2D eigenvalue weighted by Gasteiger charge is -2.42. The fraction of sp³-hybridized carbons (Fsp3) is 0.600. The second-order valence-electron chi connectivity index (χ2n) is 11.1. The second-order valence-corrected chi connectivity index (χ2v) is 11.1. The van der Waals surface area contributed by atoms with E-state index >= 15 is 0 Å². The van der Waals surface area contributed by atoms with E-state index in [1.54, 1.807) is 6.07 Å². The van der Waals surface area contributed by atoms with Gasteiger partial charge in [0.2, 0.25) is 0 Å². The fourth-order valence-corrected chi connectivity index (χ4v) is 5.83. The van der Waals surface area contributed by atoms with Gasteiger partial charge in [-0.15, -0.1) is 0 Å². The molecule has 0 aliphatic carbocycles. The van der Waals surface area contributed by atoms with Gasteiger partial charge in [0.05, 0.1) is 12.7 Å². The number of aromatic nitrogens is 1. The first-order chi connectivity index (χ1) is 18.2. The second kappa shape index (κ2) is 12.4. The number of aryl methyl sites for hydroxylation is 2. The molecule has 3 heterocycles. The molecule has 4 rings (SSSR count). The highest BCUT2D eigenvalue weighted by atomic mass is 19.1. The molecule has 1 fully saturated rings. The molecule has 3 N–H and O–H groups in total. The minimum Gasteiger partial charge on any atom is -0.493 e. The van der Waals surface area contributed by atoms with E-state index in [1.807, 2.05) is 13.8 Å². The van der Waals surface area contributed by atoms with Gasteiger partial charge in [0.1, 0.15) is 11.7 Å². The van der Waals surface area contributed by atoms with Crippen LogP contribution in [0.1, 0.15) is 86.6 Å². The lowest BCUT2D eigenvalue weighted by molar-refractivity contribution is -0.149. The van der Waals surface area contributed by atoms with Crippen LogP contribution in [0.2, 0.25) is 0 Å². The van der Waals surface area contributed by atoms with Gasteiger partial charge in [-0.1, -0.05) is 32.4 Å². The molecule has 1 aromatic heterocycles. The highest BCUT2D eigenvalue weighted by Gasteiger charge is 2.46. The molecule has 1 atom stereocenters. The predicted octanol–water partition coefficient (Wildman–Crippen LogP) is 5.12. The quantitative estimate of drug-likeness (QED) is 0.349. The highest BCUT2D eigenvalue weighted by Crippen LogP contribution is 2.43. The number of pyridine rings is 1. The van der Waals surface area contributed by atoms with Crippen molar-refractivity contribution in [3.63, 3.8) is 0 Å². The average Bonchev–Trinajstić information content (AvgIpc) is 2.89. The summed E-state index contributed by atoms with van der Waals surface area (Å²) >= 11 is 0. The first-order valence-corrected chi connectivity index (χ1v) is 14.0. The molecule has 2 aromatic rings. The monoisotopic (exact) mass is 527 g/mol. The molecule has 7 nitrogen and oxygen atoms in total. The number of ether oxygens (including phenoxy) is 1. The summed E-state index contributed by atoms with van der Waals surface area (Å²) in [6.45, 7) is 6.97. The number of carboxylic acid groups (broad SMARTS) is 1. The molecule has 1 aromatic carbocycles. The summed E-state index contributed by atoms with van der Waals surface area (Å²) < 4.78 is 20.1. The van der Waals surface area contributed by atoms with E-state index in [0.717, 1.165) is 63.1 Å². The van der Waals surface area contributed by atoms with Crippen LogP contribution in [0.4, 0.5) is 10.2 Å². The lowest BCUT2D eigenvalue weighted by Crippen LogP contribution is -2.50. The van der Waals surface area contributed by atoms with Crippen LogP contribution in [0.25, 0.3) is 0 Å². The van der Waals surface area contributed by atoms with Crippen LogP contribution in [0.5, 0.6) is 5.75 Å². The Hall–Kier alpha value is -2.71. The number of aliphatic hydroxyl groups is 1. The summed E-state index contributed by atoms with van der Waals surface area (Å²) in [6.07, 6.45) is 7.05. The van der Waals surface area contributed by atoms with Gasteiger partial charge in [-0.2, -0.15) is 0 Å². The van der Waals surface area contributed by atoms with Crippen molar-refractivity contribution in [2.75, 3.05) is 38.6 Å². The Kier molecular flexibility index (Phi) is 9.26. The van der Waals surface area contributed by atoms with Crippen molar-refractivity contribution in [3.8, 4) is 5.75 Å². The molecular formula is C30H42FN3O4. The Morgan fingerprint density at radius 1 is 1.21 bits per heavy atom. The molecule has 0 amide bonds. The molecule has 208 valence electrons. The van der Waals surface area contributed by atoms with Gasteiger partial charge in [-0.05, 0) is 80.7 Å². The number of unbranched alkanes of at least 4 members (excludes halogenated alkanes) is 2. The number of carboxylic acids is 1. The molecule has 2 aliphatic heterocycles. The number of rotatable bonds is 11. The SMILES string of the molecule is COc1c(F)cc(C(C)C)cc1[C@H](C(=O)O)C1(O)CCN(CCCCCc2ccc3c(n2)NCCC3)CC1. The van der Waals surface area contributed by atoms with Crippen molar-refractivity contribution < 1.29 is 24.1 Å². The number of methoxy groups -OCH3 is 1. The number of carbonyl (C=O) groups is 1. The molecule has 0 radical (unpaired) electrons. The standard InChI is InChI=1S/C30H42FN3O4/c1-20(2)22-18-24(27(38-3)25(31)19-22)26(29(35)36)30(37)12-16-34(17-13-30)15-6-4-5-9-23-11-10-21-8-7-14-32-28(21)33-23/h10-11,18-20,26,37H,4-9,12-17H2,1-3H3,(H,32,33)(H,35,36)/t26-/m1/s1. The number of fused-ring (bicyclic) bond motifs is 1. The van der Waals surface area contributed by atoms with Gasteiger partial charge < -0.3 is 25.2 Å². The normalized spacial score (nSPS) is 18.1. The number of hydrogen-bond acceptors (Lipinski definition) is 6. The molecule has 0 saturated carbocycles. The number of aliphatic carboxylic acids is 1.